The van der Waals surface area contributed by atoms with Crippen molar-refractivity contribution in [2.45, 2.75) is 18.7 Å². The Bertz CT molecular complexity index is 1330. The lowest BCUT2D eigenvalue weighted by Gasteiger charge is -2.10. The van der Waals surface area contributed by atoms with E-state index in [1.807, 2.05) is 38.1 Å². The van der Waals surface area contributed by atoms with Crippen LogP contribution in [0, 0.1) is 13.8 Å². The van der Waals surface area contributed by atoms with E-state index in [4.69, 9.17) is 4.18 Å². The van der Waals surface area contributed by atoms with E-state index in [0.717, 1.165) is 16.8 Å². The van der Waals surface area contributed by atoms with Crippen molar-refractivity contribution in [3.63, 3.8) is 0 Å². The number of rotatable bonds is 5. The second-order valence-electron chi connectivity index (χ2n) is 7.21. The molecule has 6 nitrogen and oxygen atoms in total. The lowest BCUT2D eigenvalue weighted by molar-refractivity contribution is -0.115. The Morgan fingerprint density at radius 2 is 1.53 bits per heavy atom. The summed E-state index contributed by atoms with van der Waals surface area (Å²) >= 11 is 1.18. The minimum absolute atomic E-state index is 0.0612. The molecule has 8 heteroatoms. The minimum Gasteiger partial charge on any atom is -0.378 e. The van der Waals surface area contributed by atoms with Crippen molar-refractivity contribution in [2.75, 3.05) is 0 Å². The monoisotopic (exact) mass is 464 g/mol. The van der Waals surface area contributed by atoms with E-state index in [1.165, 1.54) is 23.9 Å². The second kappa shape index (κ2) is 9.02. The zero-order valence-electron chi connectivity index (χ0n) is 17.4. The number of amides is 1. The van der Waals surface area contributed by atoms with Crippen LogP contribution in [-0.4, -0.2) is 19.5 Å². The van der Waals surface area contributed by atoms with Crippen LogP contribution in [0.3, 0.4) is 0 Å². The highest BCUT2D eigenvalue weighted by Crippen LogP contribution is 2.31. The predicted octanol–water partition coefficient (Wildman–Crippen LogP) is 4.96. The molecule has 0 aromatic heterocycles. The summed E-state index contributed by atoms with van der Waals surface area (Å²) in [4.78, 5) is 17.3. The van der Waals surface area contributed by atoms with Crippen LogP contribution in [0.4, 0.5) is 5.69 Å². The van der Waals surface area contributed by atoms with Crippen LogP contribution in [-0.2, 0) is 14.9 Å². The van der Waals surface area contributed by atoms with Gasteiger partial charge < -0.3 is 9.50 Å². The molecule has 0 saturated carbocycles. The lowest BCUT2D eigenvalue weighted by atomic mass is 10.2. The van der Waals surface area contributed by atoms with Gasteiger partial charge in [-0.25, -0.2) is 4.99 Å². The fourth-order valence-electron chi connectivity index (χ4n) is 2.91. The Balaban J connectivity index is 1.59. The number of hydrogen-bond acceptors (Lipinski definition) is 6. The quantitative estimate of drug-likeness (QED) is 0.426. The van der Waals surface area contributed by atoms with Crippen molar-refractivity contribution in [3.8, 4) is 5.75 Å². The molecule has 1 saturated heterocycles. The molecule has 4 rings (SSSR count). The first-order valence-corrected chi connectivity index (χ1v) is 12.0. The average Bonchev–Trinajstić information content (AvgIpc) is 3.10. The van der Waals surface area contributed by atoms with Gasteiger partial charge >= 0.3 is 10.1 Å². The van der Waals surface area contributed by atoms with E-state index in [1.54, 1.807) is 42.5 Å². The van der Waals surface area contributed by atoms with E-state index >= 15 is 0 Å². The first kappa shape index (κ1) is 21.9. The number of amidine groups is 1. The molecular weight excluding hydrogens is 444 g/mol. The molecular formula is C24H20N2O4S2. The van der Waals surface area contributed by atoms with Crippen molar-refractivity contribution in [3.05, 3.63) is 94.4 Å². The van der Waals surface area contributed by atoms with Crippen molar-refractivity contribution in [1.29, 1.82) is 0 Å². The summed E-state index contributed by atoms with van der Waals surface area (Å²) < 4.78 is 30.8. The third-order valence-corrected chi connectivity index (χ3v) is 6.79. The fraction of sp³-hybridized carbons (Fsp3) is 0.0833. The summed E-state index contributed by atoms with van der Waals surface area (Å²) in [6, 6.07) is 20.7. The standard InChI is InChI=1S/C24H20N2O4S2/c1-16-7-11-19(12-8-16)25-24-26-23(27)22(31-24)15-18-5-3-4-6-21(18)30-32(28,29)20-13-9-17(2)10-14-20/h3-15H,1-2H3,(H,25,26,27)/b22-15-. The van der Waals surface area contributed by atoms with Crippen LogP contribution >= 0.6 is 11.8 Å². The second-order valence-corrected chi connectivity index (χ2v) is 9.78. The summed E-state index contributed by atoms with van der Waals surface area (Å²) in [6.45, 7) is 3.86. The largest absolute Gasteiger partial charge is 0.378 e. The van der Waals surface area contributed by atoms with Crippen molar-refractivity contribution < 1.29 is 17.4 Å². The number of nitrogens with one attached hydrogen (secondary N) is 1. The highest BCUT2D eigenvalue weighted by atomic mass is 32.2. The Morgan fingerprint density at radius 1 is 0.906 bits per heavy atom. The molecule has 162 valence electrons. The summed E-state index contributed by atoms with van der Waals surface area (Å²) in [5.41, 5.74) is 3.27. The molecule has 1 amide bonds. The molecule has 0 unspecified atom stereocenters. The minimum atomic E-state index is -4.02. The molecule has 1 heterocycles. The smallest absolute Gasteiger partial charge is 0.339 e. The highest BCUT2D eigenvalue weighted by molar-refractivity contribution is 8.18. The molecule has 3 aromatic carbocycles. The maximum absolute atomic E-state index is 12.7. The van der Waals surface area contributed by atoms with Gasteiger partial charge in [0.2, 0.25) is 0 Å². The third-order valence-electron chi connectivity index (χ3n) is 4.63. The van der Waals surface area contributed by atoms with E-state index in [-0.39, 0.29) is 16.6 Å². The van der Waals surface area contributed by atoms with Crippen LogP contribution in [0.2, 0.25) is 0 Å². The van der Waals surface area contributed by atoms with Gasteiger partial charge in [-0.3, -0.25) is 4.79 Å². The molecule has 0 radical (unpaired) electrons. The zero-order valence-corrected chi connectivity index (χ0v) is 19.0. The molecule has 0 atom stereocenters. The molecule has 0 spiro atoms. The summed E-state index contributed by atoms with van der Waals surface area (Å²) in [7, 11) is -4.02. The molecule has 1 aliphatic rings. The molecule has 0 aliphatic carbocycles. The lowest BCUT2D eigenvalue weighted by Crippen LogP contribution is -2.19. The van der Waals surface area contributed by atoms with Gasteiger partial charge in [-0.15, -0.1) is 0 Å². The number of para-hydroxylation sites is 1. The van der Waals surface area contributed by atoms with Crippen LogP contribution in [0.25, 0.3) is 6.08 Å². The maximum Gasteiger partial charge on any atom is 0.339 e. The van der Waals surface area contributed by atoms with Crippen molar-refractivity contribution >= 4 is 44.7 Å². The number of carbonyl (C=O) groups excluding carboxylic acids is 1. The first-order valence-electron chi connectivity index (χ1n) is 9.77. The SMILES string of the molecule is Cc1ccc(N=C2NC(=O)/C(=C/c3ccccc3OS(=O)(=O)c3ccc(C)cc3)S2)cc1. The number of nitrogens with zero attached hydrogens (tertiary/aromatic N) is 1. The van der Waals surface area contributed by atoms with Crippen molar-refractivity contribution in [2.24, 2.45) is 4.99 Å². The number of thioether (sulfide) groups is 1. The van der Waals surface area contributed by atoms with Gasteiger partial charge in [-0.2, -0.15) is 8.42 Å². The maximum atomic E-state index is 12.7. The van der Waals surface area contributed by atoms with Crippen LogP contribution in [0.5, 0.6) is 5.75 Å². The topological polar surface area (TPSA) is 84.8 Å². The Kier molecular flexibility index (Phi) is 6.16. The van der Waals surface area contributed by atoms with E-state index in [9.17, 15) is 13.2 Å². The number of aliphatic imine (C=N–C) groups is 1. The number of carbonyl (C=O) groups is 1. The van der Waals surface area contributed by atoms with E-state index in [2.05, 4.69) is 10.3 Å². The first-order chi connectivity index (χ1) is 15.3. The van der Waals surface area contributed by atoms with E-state index < -0.39 is 10.1 Å². The van der Waals surface area contributed by atoms with Gasteiger partial charge in [0.25, 0.3) is 5.91 Å². The summed E-state index contributed by atoms with van der Waals surface area (Å²) in [6.07, 6.45) is 1.59. The number of benzene rings is 3. The highest BCUT2D eigenvalue weighted by Gasteiger charge is 2.25. The van der Waals surface area contributed by atoms with Gasteiger partial charge in [-0.05, 0) is 62.0 Å². The predicted molar refractivity (Wildman–Crippen MR) is 127 cm³/mol. The molecule has 1 N–H and O–H groups in total. The fourth-order valence-corrected chi connectivity index (χ4v) is 4.69. The number of hydrogen-bond donors (Lipinski definition) is 1. The molecule has 1 aliphatic heterocycles. The molecule has 32 heavy (non-hydrogen) atoms. The average molecular weight is 465 g/mol. The Labute approximate surface area is 191 Å². The number of aryl methyl sites for hydroxylation is 2. The van der Waals surface area contributed by atoms with Gasteiger partial charge in [0.05, 0.1) is 10.6 Å². The van der Waals surface area contributed by atoms with Crippen LogP contribution < -0.4 is 9.50 Å². The van der Waals surface area contributed by atoms with Gasteiger partial charge in [0.15, 0.2) is 5.17 Å². The summed E-state index contributed by atoms with van der Waals surface area (Å²) in [5.74, 6) is -0.171. The molecule has 0 bridgehead atoms. The van der Waals surface area contributed by atoms with Crippen LogP contribution in [0.15, 0.2) is 87.6 Å². The Hall–Kier alpha value is -3.36. The Morgan fingerprint density at radius 3 is 2.22 bits per heavy atom. The zero-order chi connectivity index (χ0) is 22.7. The van der Waals surface area contributed by atoms with Gasteiger partial charge in [-0.1, -0.05) is 53.6 Å². The van der Waals surface area contributed by atoms with Crippen molar-refractivity contribution in [1.82, 2.24) is 5.32 Å². The molecule has 3 aromatic rings. The van der Waals surface area contributed by atoms with Gasteiger partial charge in [0, 0.05) is 5.56 Å². The van der Waals surface area contributed by atoms with E-state index in [0.29, 0.717) is 15.6 Å². The van der Waals surface area contributed by atoms with Crippen LogP contribution in [0.1, 0.15) is 16.7 Å². The third kappa shape index (κ3) is 5.09. The normalized spacial score (nSPS) is 16.4. The molecule has 1 fully saturated rings. The summed E-state index contributed by atoms with van der Waals surface area (Å²) in [5, 5.41) is 3.19. The van der Waals surface area contributed by atoms with Gasteiger partial charge in [0.1, 0.15) is 10.6 Å².